The van der Waals surface area contributed by atoms with Crippen LogP contribution < -0.4 is 0 Å². The van der Waals surface area contributed by atoms with E-state index in [4.69, 9.17) is 13.9 Å². The summed E-state index contributed by atoms with van der Waals surface area (Å²) < 4.78 is 15.0. The van der Waals surface area contributed by atoms with E-state index in [0.717, 1.165) is 5.76 Å². The molecule has 5 nitrogen and oxygen atoms in total. The maximum Gasteiger partial charge on any atom is 0.303 e. The SMILES string of the molecule is CC(=O)OC[C@H](OC(C)=O)SCc1ccco1. The molecule has 0 fully saturated rings. The Morgan fingerprint density at radius 3 is 2.71 bits per heavy atom. The normalized spacial score (nSPS) is 11.9. The Morgan fingerprint density at radius 1 is 1.41 bits per heavy atom. The topological polar surface area (TPSA) is 65.7 Å². The monoisotopic (exact) mass is 258 g/mol. The van der Waals surface area contributed by atoms with Crippen molar-refractivity contribution in [1.82, 2.24) is 0 Å². The van der Waals surface area contributed by atoms with E-state index in [-0.39, 0.29) is 6.61 Å². The molecule has 1 rings (SSSR count). The highest BCUT2D eigenvalue weighted by Crippen LogP contribution is 2.19. The van der Waals surface area contributed by atoms with Gasteiger partial charge in [0.25, 0.3) is 0 Å². The van der Waals surface area contributed by atoms with Gasteiger partial charge in [0, 0.05) is 13.8 Å². The van der Waals surface area contributed by atoms with E-state index in [9.17, 15) is 9.59 Å². The van der Waals surface area contributed by atoms with E-state index in [0.29, 0.717) is 5.75 Å². The summed E-state index contributed by atoms with van der Waals surface area (Å²) >= 11 is 1.34. The summed E-state index contributed by atoms with van der Waals surface area (Å²) in [6.45, 7) is 2.66. The molecular formula is C11H14O5S. The lowest BCUT2D eigenvalue weighted by molar-refractivity contribution is -0.151. The largest absolute Gasteiger partial charge is 0.468 e. The first kappa shape index (κ1) is 13.6. The zero-order valence-corrected chi connectivity index (χ0v) is 10.5. The van der Waals surface area contributed by atoms with Crippen molar-refractivity contribution in [3.05, 3.63) is 24.2 Å². The zero-order chi connectivity index (χ0) is 12.7. The van der Waals surface area contributed by atoms with E-state index < -0.39 is 17.4 Å². The molecule has 0 aliphatic carbocycles. The number of hydrogen-bond donors (Lipinski definition) is 0. The van der Waals surface area contributed by atoms with Gasteiger partial charge in [-0.05, 0) is 12.1 Å². The van der Waals surface area contributed by atoms with Gasteiger partial charge in [-0.15, -0.1) is 11.8 Å². The van der Waals surface area contributed by atoms with Gasteiger partial charge in [0.05, 0.1) is 12.0 Å². The molecule has 1 aromatic rings. The minimum Gasteiger partial charge on any atom is -0.468 e. The van der Waals surface area contributed by atoms with Crippen LogP contribution in [0.25, 0.3) is 0 Å². The fraction of sp³-hybridized carbons (Fsp3) is 0.455. The van der Waals surface area contributed by atoms with Crippen molar-refractivity contribution < 1.29 is 23.5 Å². The lowest BCUT2D eigenvalue weighted by atomic mass is 10.5. The van der Waals surface area contributed by atoms with Crippen LogP contribution in [0.2, 0.25) is 0 Å². The molecule has 0 radical (unpaired) electrons. The average molecular weight is 258 g/mol. The number of ether oxygens (including phenoxy) is 2. The Morgan fingerprint density at radius 2 is 2.18 bits per heavy atom. The first-order valence-electron chi connectivity index (χ1n) is 5.02. The van der Waals surface area contributed by atoms with Gasteiger partial charge in [0.1, 0.15) is 12.4 Å². The van der Waals surface area contributed by atoms with Crippen molar-refractivity contribution in [2.24, 2.45) is 0 Å². The van der Waals surface area contributed by atoms with E-state index in [1.165, 1.54) is 25.6 Å². The molecule has 0 saturated carbocycles. The van der Waals surface area contributed by atoms with Gasteiger partial charge in [0.2, 0.25) is 0 Å². The lowest BCUT2D eigenvalue weighted by Gasteiger charge is -2.15. The molecule has 17 heavy (non-hydrogen) atoms. The lowest BCUT2D eigenvalue weighted by Crippen LogP contribution is -2.20. The highest BCUT2D eigenvalue weighted by atomic mass is 32.2. The Hall–Kier alpha value is -1.43. The Labute approximate surface area is 103 Å². The molecule has 0 N–H and O–H groups in total. The van der Waals surface area contributed by atoms with Crippen LogP contribution in [0.5, 0.6) is 0 Å². The molecule has 1 atom stereocenters. The molecule has 0 amide bonds. The molecule has 0 spiro atoms. The van der Waals surface area contributed by atoms with Crippen molar-refractivity contribution in [3.8, 4) is 0 Å². The van der Waals surface area contributed by atoms with Crippen molar-refractivity contribution in [3.63, 3.8) is 0 Å². The van der Waals surface area contributed by atoms with Gasteiger partial charge in [-0.3, -0.25) is 9.59 Å². The van der Waals surface area contributed by atoms with Crippen LogP contribution in [-0.4, -0.2) is 24.0 Å². The van der Waals surface area contributed by atoms with Gasteiger partial charge in [-0.2, -0.15) is 0 Å². The number of furan rings is 1. The first-order chi connectivity index (χ1) is 8.08. The third-order valence-electron chi connectivity index (χ3n) is 1.71. The summed E-state index contributed by atoms with van der Waals surface area (Å²) in [5.74, 6) is 0.511. The second kappa shape index (κ2) is 7.01. The second-order valence-electron chi connectivity index (χ2n) is 3.23. The van der Waals surface area contributed by atoms with Gasteiger partial charge < -0.3 is 13.9 Å². The number of hydrogen-bond acceptors (Lipinski definition) is 6. The third kappa shape index (κ3) is 6.01. The molecule has 0 aromatic carbocycles. The summed E-state index contributed by atoms with van der Waals surface area (Å²) in [5.41, 5.74) is -0.513. The minimum atomic E-state index is -0.513. The fourth-order valence-corrected chi connectivity index (χ4v) is 1.94. The maximum absolute atomic E-state index is 10.9. The fourth-order valence-electron chi connectivity index (χ4n) is 1.06. The van der Waals surface area contributed by atoms with E-state index >= 15 is 0 Å². The predicted molar refractivity (Wildman–Crippen MR) is 62.2 cm³/mol. The molecule has 0 bridgehead atoms. The number of esters is 2. The predicted octanol–water partition coefficient (Wildman–Crippen LogP) is 1.97. The molecule has 0 saturated heterocycles. The van der Waals surface area contributed by atoms with Gasteiger partial charge in [-0.25, -0.2) is 0 Å². The highest BCUT2D eigenvalue weighted by molar-refractivity contribution is 7.99. The minimum absolute atomic E-state index is 0.0420. The molecule has 0 unspecified atom stereocenters. The Kier molecular flexibility index (Phi) is 5.62. The van der Waals surface area contributed by atoms with Crippen molar-refractivity contribution in [2.75, 3.05) is 6.61 Å². The van der Waals surface area contributed by atoms with Crippen LogP contribution in [0.3, 0.4) is 0 Å². The van der Waals surface area contributed by atoms with Crippen LogP contribution in [0.4, 0.5) is 0 Å². The maximum atomic E-state index is 10.9. The van der Waals surface area contributed by atoms with Gasteiger partial charge in [-0.1, -0.05) is 0 Å². The molecule has 0 aliphatic heterocycles. The summed E-state index contributed by atoms with van der Waals surface area (Å²) in [4.78, 5) is 21.5. The van der Waals surface area contributed by atoms with Crippen LogP contribution in [0.15, 0.2) is 22.8 Å². The second-order valence-corrected chi connectivity index (χ2v) is 4.38. The van der Waals surface area contributed by atoms with Gasteiger partial charge >= 0.3 is 11.9 Å². The Bertz CT molecular complexity index is 360. The third-order valence-corrected chi connectivity index (χ3v) is 2.77. The van der Waals surface area contributed by atoms with Gasteiger partial charge in [0.15, 0.2) is 5.44 Å². The highest BCUT2D eigenvalue weighted by Gasteiger charge is 2.15. The summed E-state index contributed by atoms with van der Waals surface area (Å²) in [5, 5.41) is 0. The number of rotatable bonds is 6. The van der Waals surface area contributed by atoms with E-state index in [1.807, 2.05) is 6.07 Å². The number of carbonyl (C=O) groups is 2. The zero-order valence-electron chi connectivity index (χ0n) is 9.67. The average Bonchev–Trinajstić information content (AvgIpc) is 2.74. The molecule has 1 heterocycles. The molecule has 1 aromatic heterocycles. The van der Waals surface area contributed by atoms with Crippen molar-refractivity contribution in [1.29, 1.82) is 0 Å². The summed E-state index contributed by atoms with van der Waals surface area (Å²) in [7, 11) is 0. The number of thioether (sulfide) groups is 1. The van der Waals surface area contributed by atoms with Crippen molar-refractivity contribution in [2.45, 2.75) is 25.0 Å². The van der Waals surface area contributed by atoms with Crippen LogP contribution in [-0.2, 0) is 24.8 Å². The molecular weight excluding hydrogens is 244 g/mol. The standard InChI is InChI=1S/C11H14O5S/c1-8(12)15-6-11(16-9(2)13)17-7-10-4-3-5-14-10/h3-5,11H,6-7H2,1-2H3/t11-/m1/s1. The molecule has 94 valence electrons. The first-order valence-corrected chi connectivity index (χ1v) is 6.07. The van der Waals surface area contributed by atoms with Crippen LogP contribution in [0.1, 0.15) is 19.6 Å². The molecule has 6 heteroatoms. The van der Waals surface area contributed by atoms with Crippen LogP contribution in [0, 0.1) is 0 Å². The smallest absolute Gasteiger partial charge is 0.303 e. The Balaban J connectivity index is 2.39. The van der Waals surface area contributed by atoms with E-state index in [1.54, 1.807) is 12.3 Å². The summed E-state index contributed by atoms with van der Waals surface area (Å²) in [6, 6.07) is 3.60. The van der Waals surface area contributed by atoms with Crippen molar-refractivity contribution >= 4 is 23.7 Å². The summed E-state index contributed by atoms with van der Waals surface area (Å²) in [6.07, 6.45) is 1.57. The number of carbonyl (C=O) groups excluding carboxylic acids is 2. The van der Waals surface area contributed by atoms with Crippen LogP contribution >= 0.6 is 11.8 Å². The molecule has 0 aliphatic rings. The quantitative estimate of drug-likeness (QED) is 0.574. The van der Waals surface area contributed by atoms with E-state index in [2.05, 4.69) is 0 Å².